The van der Waals surface area contributed by atoms with Gasteiger partial charge in [0.05, 0.1) is 0 Å². The Morgan fingerprint density at radius 3 is 2.45 bits per heavy atom. The summed E-state index contributed by atoms with van der Waals surface area (Å²) in [4.78, 5) is 2.71. The third-order valence-corrected chi connectivity index (χ3v) is 4.94. The van der Waals surface area contributed by atoms with Crippen molar-refractivity contribution < 1.29 is 0 Å². The van der Waals surface area contributed by atoms with E-state index < -0.39 is 0 Å². The van der Waals surface area contributed by atoms with Gasteiger partial charge in [0, 0.05) is 18.6 Å². The van der Waals surface area contributed by atoms with Crippen molar-refractivity contribution in [1.82, 2.24) is 10.2 Å². The van der Waals surface area contributed by atoms with Gasteiger partial charge in [-0.25, -0.2) is 0 Å². The Kier molecular flexibility index (Phi) is 5.62. The topological polar surface area (TPSA) is 15.3 Å². The normalized spacial score (nSPS) is 23.1. The minimum atomic E-state index is 0.437. The van der Waals surface area contributed by atoms with Crippen LogP contribution in [0.15, 0.2) is 30.3 Å². The lowest BCUT2D eigenvalue weighted by Gasteiger charge is -2.34. The third kappa shape index (κ3) is 3.42. The van der Waals surface area contributed by atoms with E-state index in [0.29, 0.717) is 12.1 Å². The average molecular weight is 274 g/mol. The van der Waals surface area contributed by atoms with Crippen molar-refractivity contribution in [3.63, 3.8) is 0 Å². The zero-order valence-corrected chi connectivity index (χ0v) is 13.5. The fraction of sp³-hybridized carbons (Fsp3) is 0.667. The van der Waals surface area contributed by atoms with Crippen LogP contribution in [0.2, 0.25) is 0 Å². The predicted octanol–water partition coefficient (Wildman–Crippen LogP) is 3.70. The molecule has 1 fully saturated rings. The first kappa shape index (κ1) is 15.5. The summed E-state index contributed by atoms with van der Waals surface area (Å²) in [7, 11) is 2.09. The second kappa shape index (κ2) is 7.24. The maximum absolute atomic E-state index is 3.55. The van der Waals surface area contributed by atoms with Crippen LogP contribution in [-0.2, 0) is 0 Å². The molecular formula is C18H30N2. The van der Waals surface area contributed by atoms with E-state index in [1.807, 2.05) is 0 Å². The van der Waals surface area contributed by atoms with Gasteiger partial charge in [-0.3, -0.25) is 4.90 Å². The van der Waals surface area contributed by atoms with Crippen LogP contribution in [0.1, 0.15) is 45.2 Å². The maximum Gasteiger partial charge on any atom is 0.0475 e. The van der Waals surface area contributed by atoms with Gasteiger partial charge in [-0.05, 0) is 43.8 Å². The van der Waals surface area contributed by atoms with Crippen LogP contribution < -0.4 is 5.32 Å². The van der Waals surface area contributed by atoms with E-state index in [9.17, 15) is 0 Å². The van der Waals surface area contributed by atoms with Gasteiger partial charge in [-0.2, -0.15) is 0 Å². The van der Waals surface area contributed by atoms with Crippen molar-refractivity contribution in [1.29, 1.82) is 0 Å². The Hall–Kier alpha value is -0.860. The molecule has 0 aliphatic carbocycles. The molecule has 0 radical (unpaired) electrons. The van der Waals surface area contributed by atoms with Crippen LogP contribution in [0, 0.1) is 11.8 Å². The van der Waals surface area contributed by atoms with Crippen molar-refractivity contribution in [2.24, 2.45) is 11.8 Å². The van der Waals surface area contributed by atoms with E-state index in [0.717, 1.165) is 11.8 Å². The van der Waals surface area contributed by atoms with Crippen molar-refractivity contribution in [3.05, 3.63) is 35.9 Å². The summed E-state index contributed by atoms with van der Waals surface area (Å²) in [6.07, 6.45) is 2.56. The lowest BCUT2D eigenvalue weighted by atomic mass is 9.94. The second-order valence-corrected chi connectivity index (χ2v) is 6.44. The predicted molar refractivity (Wildman–Crippen MR) is 86.8 cm³/mol. The molecule has 1 aliphatic rings. The van der Waals surface area contributed by atoms with Crippen LogP contribution in [0.25, 0.3) is 0 Å². The van der Waals surface area contributed by atoms with Gasteiger partial charge in [0.1, 0.15) is 0 Å². The fourth-order valence-corrected chi connectivity index (χ4v) is 3.61. The number of nitrogens with one attached hydrogen (secondary N) is 1. The van der Waals surface area contributed by atoms with Crippen molar-refractivity contribution in [3.8, 4) is 0 Å². The Morgan fingerprint density at radius 2 is 1.95 bits per heavy atom. The second-order valence-electron chi connectivity index (χ2n) is 6.44. The Labute approximate surface area is 124 Å². The highest BCUT2D eigenvalue weighted by Crippen LogP contribution is 2.30. The van der Waals surface area contributed by atoms with Crippen molar-refractivity contribution >= 4 is 0 Å². The lowest BCUT2D eigenvalue weighted by molar-refractivity contribution is 0.178. The first-order chi connectivity index (χ1) is 9.67. The van der Waals surface area contributed by atoms with Gasteiger partial charge in [0.25, 0.3) is 0 Å². The number of hydrogen-bond acceptors (Lipinski definition) is 2. The Bertz CT molecular complexity index is 388. The SMILES string of the molecule is CCC(C(NC)c1ccccc1)N1CCC(C(C)C)C1. The minimum Gasteiger partial charge on any atom is -0.312 e. The number of likely N-dealkylation sites (N-methyl/N-ethyl adjacent to an activating group) is 1. The fourth-order valence-electron chi connectivity index (χ4n) is 3.61. The summed E-state index contributed by atoms with van der Waals surface area (Å²) in [5.41, 5.74) is 1.41. The van der Waals surface area contributed by atoms with Gasteiger partial charge < -0.3 is 5.32 Å². The van der Waals surface area contributed by atoms with Gasteiger partial charge in [0.2, 0.25) is 0 Å². The highest BCUT2D eigenvalue weighted by molar-refractivity contribution is 5.20. The lowest BCUT2D eigenvalue weighted by Crippen LogP contribution is -2.42. The first-order valence-electron chi connectivity index (χ1n) is 8.13. The summed E-state index contributed by atoms with van der Waals surface area (Å²) in [6.45, 7) is 9.57. The van der Waals surface area contributed by atoms with E-state index in [1.165, 1.54) is 31.5 Å². The molecule has 1 aromatic rings. The van der Waals surface area contributed by atoms with Crippen molar-refractivity contribution in [2.45, 2.75) is 45.7 Å². The molecule has 1 N–H and O–H groups in total. The number of benzene rings is 1. The molecule has 3 unspecified atom stereocenters. The van der Waals surface area contributed by atoms with E-state index in [2.05, 4.69) is 68.4 Å². The standard InChI is InChI=1S/C18H30N2/c1-5-17(20-12-11-16(13-20)14(2)3)18(19-4)15-9-7-6-8-10-15/h6-10,14,16-19H,5,11-13H2,1-4H3. The molecule has 0 saturated carbocycles. The van der Waals surface area contributed by atoms with Crippen LogP contribution in [-0.4, -0.2) is 31.1 Å². The average Bonchev–Trinajstić information content (AvgIpc) is 2.95. The molecule has 1 saturated heterocycles. The maximum atomic E-state index is 3.55. The first-order valence-corrected chi connectivity index (χ1v) is 8.13. The largest absolute Gasteiger partial charge is 0.312 e. The zero-order valence-electron chi connectivity index (χ0n) is 13.5. The molecule has 1 aliphatic heterocycles. The molecule has 0 spiro atoms. The highest BCUT2D eigenvalue weighted by atomic mass is 15.2. The molecular weight excluding hydrogens is 244 g/mol. The molecule has 3 atom stereocenters. The number of nitrogens with zero attached hydrogens (tertiary/aromatic N) is 1. The van der Waals surface area contributed by atoms with E-state index in [4.69, 9.17) is 0 Å². The van der Waals surface area contributed by atoms with Crippen LogP contribution in [0.3, 0.4) is 0 Å². The molecule has 1 heterocycles. The Morgan fingerprint density at radius 1 is 1.25 bits per heavy atom. The quantitative estimate of drug-likeness (QED) is 0.851. The van der Waals surface area contributed by atoms with Gasteiger partial charge >= 0.3 is 0 Å². The van der Waals surface area contributed by atoms with Crippen LogP contribution in [0.5, 0.6) is 0 Å². The van der Waals surface area contributed by atoms with Gasteiger partial charge in [0.15, 0.2) is 0 Å². The molecule has 20 heavy (non-hydrogen) atoms. The van der Waals surface area contributed by atoms with E-state index >= 15 is 0 Å². The minimum absolute atomic E-state index is 0.437. The molecule has 2 nitrogen and oxygen atoms in total. The third-order valence-electron chi connectivity index (χ3n) is 4.94. The van der Waals surface area contributed by atoms with Crippen LogP contribution >= 0.6 is 0 Å². The molecule has 0 aromatic heterocycles. The van der Waals surface area contributed by atoms with Crippen molar-refractivity contribution in [2.75, 3.05) is 20.1 Å². The highest BCUT2D eigenvalue weighted by Gasteiger charge is 2.33. The number of likely N-dealkylation sites (tertiary alicyclic amines) is 1. The van der Waals surface area contributed by atoms with E-state index in [1.54, 1.807) is 0 Å². The summed E-state index contributed by atoms with van der Waals surface area (Å²) < 4.78 is 0. The number of rotatable bonds is 6. The smallest absolute Gasteiger partial charge is 0.0475 e. The van der Waals surface area contributed by atoms with Gasteiger partial charge in [-0.1, -0.05) is 51.1 Å². The summed E-state index contributed by atoms with van der Waals surface area (Å²) in [6, 6.07) is 11.9. The molecule has 112 valence electrons. The van der Waals surface area contributed by atoms with Crippen LogP contribution in [0.4, 0.5) is 0 Å². The number of hydrogen-bond donors (Lipinski definition) is 1. The molecule has 2 rings (SSSR count). The van der Waals surface area contributed by atoms with E-state index in [-0.39, 0.29) is 0 Å². The molecule has 0 bridgehead atoms. The molecule has 1 aromatic carbocycles. The summed E-state index contributed by atoms with van der Waals surface area (Å²) in [5, 5.41) is 3.55. The Balaban J connectivity index is 2.11. The molecule has 2 heteroatoms. The monoisotopic (exact) mass is 274 g/mol. The zero-order chi connectivity index (χ0) is 14.5. The van der Waals surface area contributed by atoms with Gasteiger partial charge in [-0.15, -0.1) is 0 Å². The summed E-state index contributed by atoms with van der Waals surface area (Å²) >= 11 is 0. The summed E-state index contributed by atoms with van der Waals surface area (Å²) in [5.74, 6) is 1.68. The molecule has 0 amide bonds.